The van der Waals surface area contributed by atoms with Gasteiger partial charge >= 0.3 is 0 Å². The van der Waals surface area contributed by atoms with Crippen LogP contribution in [0.1, 0.15) is 106 Å². The normalized spacial score (nSPS) is 10.9. The van der Waals surface area contributed by atoms with Crippen molar-refractivity contribution in [2.45, 2.75) is 106 Å². The number of hydrogen-bond donors (Lipinski definition) is 3. The summed E-state index contributed by atoms with van der Waals surface area (Å²) in [5, 5.41) is 41.0. The summed E-state index contributed by atoms with van der Waals surface area (Å²) in [7, 11) is 0. The number of pyridine rings is 2. The number of aliphatic hydroxyl groups is 2. The third-order valence-corrected chi connectivity index (χ3v) is 11.6. The van der Waals surface area contributed by atoms with Crippen molar-refractivity contribution in [1.82, 2.24) is 15.3 Å². The zero-order chi connectivity index (χ0) is 46.7. The molecule has 2 aromatic heterocycles. The van der Waals surface area contributed by atoms with Crippen LogP contribution in [0.2, 0.25) is 0 Å². The molecule has 342 valence electrons. The average Bonchev–Trinajstić information content (AvgIpc) is 3.34. The number of nitrogens with zero attached hydrogens (tertiary/aromatic N) is 4. The first-order valence-electron chi connectivity index (χ1n) is 22.9. The predicted molar refractivity (Wildman–Crippen MR) is 256 cm³/mol. The van der Waals surface area contributed by atoms with Crippen LogP contribution < -0.4 is 24.3 Å². The zero-order valence-corrected chi connectivity index (χ0v) is 38.7. The zero-order valence-electron chi connectivity index (χ0n) is 38.7. The van der Waals surface area contributed by atoms with Gasteiger partial charge < -0.3 is 34.5 Å². The highest BCUT2D eigenvalue weighted by molar-refractivity contribution is 5.72. The summed E-state index contributed by atoms with van der Waals surface area (Å²) in [6, 6.07) is 28.8. The van der Waals surface area contributed by atoms with Crippen LogP contribution >= 0.6 is 0 Å². The van der Waals surface area contributed by atoms with Crippen molar-refractivity contribution in [2.75, 3.05) is 19.8 Å². The van der Waals surface area contributed by atoms with E-state index in [1.54, 1.807) is 24.5 Å². The number of unbranched alkanes of at least 4 members (excludes halogenated alkanes) is 1. The summed E-state index contributed by atoms with van der Waals surface area (Å²) in [5.74, 6) is 2.91. The molecule has 0 fully saturated rings. The fourth-order valence-corrected chi connectivity index (χ4v) is 8.00. The predicted octanol–water partition coefficient (Wildman–Crippen LogP) is 10.1. The minimum absolute atomic E-state index is 0.0300. The molecule has 0 spiro atoms. The van der Waals surface area contributed by atoms with E-state index in [0.717, 1.165) is 123 Å². The van der Waals surface area contributed by atoms with E-state index in [4.69, 9.17) is 18.9 Å². The SMILES string of the molecule is CCCc1cc(CCCCO)c(OCc2cncc(C#N)c2)cc1OCc1cccc(-c2cccc(COc3cc(OCc4cncc(C#N)c4)c(CNCCO)cc3CCC)c2C)c1C. The molecule has 0 atom stereocenters. The summed E-state index contributed by atoms with van der Waals surface area (Å²) >= 11 is 0. The number of hydrogen-bond acceptors (Lipinski definition) is 11. The first-order chi connectivity index (χ1) is 32.3. The van der Waals surface area contributed by atoms with Crippen molar-refractivity contribution in [3.8, 4) is 46.3 Å². The van der Waals surface area contributed by atoms with Crippen LogP contribution in [0.3, 0.4) is 0 Å². The molecule has 0 saturated carbocycles. The Labute approximate surface area is 389 Å². The lowest BCUT2D eigenvalue weighted by atomic mass is 9.91. The summed E-state index contributed by atoms with van der Waals surface area (Å²) < 4.78 is 26.1. The van der Waals surface area contributed by atoms with Crippen LogP contribution in [0, 0.1) is 36.5 Å². The third-order valence-electron chi connectivity index (χ3n) is 11.6. The van der Waals surface area contributed by atoms with E-state index in [1.807, 2.05) is 12.1 Å². The second-order valence-electron chi connectivity index (χ2n) is 16.4. The van der Waals surface area contributed by atoms with Crippen LogP contribution in [-0.4, -0.2) is 39.9 Å². The molecular formula is C55H61N5O6. The van der Waals surface area contributed by atoms with Crippen LogP contribution in [0.4, 0.5) is 0 Å². The van der Waals surface area contributed by atoms with Crippen LogP contribution in [0.15, 0.2) is 97.6 Å². The molecule has 4 aromatic carbocycles. The molecule has 11 nitrogen and oxygen atoms in total. The molecule has 0 saturated heterocycles. The number of aromatic nitrogens is 2. The smallest absolute Gasteiger partial charge is 0.128 e. The second-order valence-corrected chi connectivity index (χ2v) is 16.4. The topological polar surface area (TPSA) is 163 Å². The third kappa shape index (κ3) is 13.2. The van der Waals surface area contributed by atoms with Gasteiger partial charge in [-0.15, -0.1) is 0 Å². The van der Waals surface area contributed by atoms with Gasteiger partial charge in [-0.1, -0.05) is 63.1 Å². The molecule has 6 aromatic rings. The van der Waals surface area contributed by atoms with E-state index in [9.17, 15) is 20.7 Å². The molecule has 0 radical (unpaired) electrons. The maximum absolute atomic E-state index is 9.50. The van der Waals surface area contributed by atoms with Crippen LogP contribution in [0.25, 0.3) is 11.1 Å². The minimum atomic E-state index is 0.0300. The Kier molecular flexibility index (Phi) is 18.5. The second kappa shape index (κ2) is 25.1. The largest absolute Gasteiger partial charge is 0.488 e. The van der Waals surface area contributed by atoms with Crippen molar-refractivity contribution >= 4 is 0 Å². The molecule has 0 aliphatic rings. The highest BCUT2D eigenvalue weighted by atomic mass is 16.5. The average molecular weight is 888 g/mol. The number of rotatable bonds is 25. The van der Waals surface area contributed by atoms with E-state index < -0.39 is 0 Å². The van der Waals surface area contributed by atoms with Gasteiger partial charge in [0.25, 0.3) is 0 Å². The van der Waals surface area contributed by atoms with E-state index >= 15 is 0 Å². The van der Waals surface area contributed by atoms with Crippen molar-refractivity contribution in [1.29, 1.82) is 10.5 Å². The van der Waals surface area contributed by atoms with E-state index in [1.165, 1.54) is 12.4 Å². The molecule has 11 heteroatoms. The number of nitrogens with one attached hydrogen (secondary N) is 1. The molecule has 6 rings (SSSR count). The first-order valence-corrected chi connectivity index (χ1v) is 22.9. The van der Waals surface area contributed by atoms with Gasteiger partial charge in [-0.25, -0.2) is 0 Å². The fourth-order valence-electron chi connectivity index (χ4n) is 8.00. The number of nitriles is 2. The Morgan fingerprint density at radius 1 is 0.530 bits per heavy atom. The lowest BCUT2D eigenvalue weighted by Crippen LogP contribution is -2.18. The lowest BCUT2D eigenvalue weighted by molar-refractivity contribution is 0.279. The van der Waals surface area contributed by atoms with Gasteiger partial charge in [0.05, 0.1) is 17.7 Å². The fraction of sp³-hybridized carbons (Fsp3) is 0.345. The molecule has 3 N–H and O–H groups in total. The minimum Gasteiger partial charge on any atom is -0.488 e. The van der Waals surface area contributed by atoms with Crippen molar-refractivity contribution < 1.29 is 29.2 Å². The van der Waals surface area contributed by atoms with E-state index in [0.29, 0.717) is 49.6 Å². The molecule has 66 heavy (non-hydrogen) atoms. The van der Waals surface area contributed by atoms with Gasteiger partial charge in [-0.05, 0) is 120 Å². The standard InChI is InChI=1S/C55H61N5O6/c1-5-11-44-23-46(13-7-8-19-61)54(63-34-42-21-40(27-56)29-59-31-42)25-52(44)65-36-47-14-9-16-50(38(47)3)51-17-10-15-48(39(51)4)37-66-53-26-55(64-35-43-22-41(28-57)30-60-32-43)49(33-58-18-20-62)24-45(53)12-6-2/h9-10,14-17,21-26,29-32,58,61-62H,5-8,11-13,18-20,33-37H2,1-4H3. The van der Waals surface area contributed by atoms with Gasteiger partial charge in [0, 0.05) is 73.3 Å². The molecule has 0 aliphatic heterocycles. The maximum Gasteiger partial charge on any atom is 0.128 e. The molecule has 2 heterocycles. The Hall–Kier alpha value is -6.76. The van der Waals surface area contributed by atoms with Crippen LogP contribution in [0.5, 0.6) is 23.0 Å². The summed E-state index contributed by atoms with van der Waals surface area (Å²) in [5.41, 5.74) is 13.4. The van der Waals surface area contributed by atoms with Gasteiger partial charge in [-0.3, -0.25) is 9.97 Å². The Morgan fingerprint density at radius 3 is 1.47 bits per heavy atom. The number of aliphatic hydroxyl groups excluding tert-OH is 2. The summed E-state index contributed by atoms with van der Waals surface area (Å²) in [6.45, 7) is 11.0. The first kappa shape index (κ1) is 48.7. The van der Waals surface area contributed by atoms with Gasteiger partial charge in [-0.2, -0.15) is 10.5 Å². The number of ether oxygens (including phenoxy) is 4. The van der Waals surface area contributed by atoms with Crippen molar-refractivity contribution in [3.63, 3.8) is 0 Å². The molecular weight excluding hydrogens is 827 g/mol. The Morgan fingerprint density at radius 2 is 1.00 bits per heavy atom. The van der Waals surface area contributed by atoms with Gasteiger partial charge in [0.2, 0.25) is 0 Å². The highest BCUT2D eigenvalue weighted by Crippen LogP contribution is 2.36. The molecule has 0 bridgehead atoms. The monoisotopic (exact) mass is 887 g/mol. The molecule has 0 unspecified atom stereocenters. The number of aryl methyl sites for hydroxylation is 3. The van der Waals surface area contributed by atoms with Crippen LogP contribution in [-0.2, 0) is 52.2 Å². The molecule has 0 amide bonds. The summed E-state index contributed by atoms with van der Waals surface area (Å²) in [6.07, 6.45) is 12.3. The van der Waals surface area contributed by atoms with Crippen molar-refractivity contribution in [3.05, 3.63) is 164 Å². The van der Waals surface area contributed by atoms with Gasteiger partial charge in [0.1, 0.15) is 61.6 Å². The highest BCUT2D eigenvalue weighted by Gasteiger charge is 2.18. The maximum atomic E-state index is 9.50. The number of benzene rings is 4. The van der Waals surface area contributed by atoms with E-state index in [2.05, 4.69) is 104 Å². The summed E-state index contributed by atoms with van der Waals surface area (Å²) in [4.78, 5) is 8.39. The Bertz CT molecular complexity index is 2450. The quantitative estimate of drug-likeness (QED) is 0.0469. The van der Waals surface area contributed by atoms with Crippen molar-refractivity contribution in [2.24, 2.45) is 0 Å². The van der Waals surface area contributed by atoms with E-state index in [-0.39, 0.29) is 26.4 Å². The lowest BCUT2D eigenvalue weighted by Gasteiger charge is -2.20. The van der Waals surface area contributed by atoms with Gasteiger partial charge in [0.15, 0.2) is 0 Å². The Balaban J connectivity index is 1.23. The molecule has 0 aliphatic carbocycles.